The number of hydrogen-bond acceptors (Lipinski definition) is 4. The lowest BCUT2D eigenvalue weighted by molar-refractivity contribution is 0.288. The highest BCUT2D eigenvalue weighted by atomic mass is 32.2. The number of nitrogens with one attached hydrogen (secondary N) is 2. The lowest BCUT2D eigenvalue weighted by Gasteiger charge is -2.31. The van der Waals surface area contributed by atoms with Gasteiger partial charge in [0.25, 0.3) is 0 Å². The molecule has 1 aliphatic rings. The molecule has 6 nitrogen and oxygen atoms in total. The van der Waals surface area contributed by atoms with Gasteiger partial charge in [-0.25, -0.2) is 12.7 Å². The maximum atomic E-state index is 11.9. The Bertz CT molecular complexity index is 464. The van der Waals surface area contributed by atoms with Gasteiger partial charge in [0.05, 0.1) is 5.75 Å². The van der Waals surface area contributed by atoms with Crippen LogP contribution < -0.4 is 5.32 Å². The zero-order valence-corrected chi connectivity index (χ0v) is 12.1. The minimum absolute atomic E-state index is 0.263. The van der Waals surface area contributed by atoms with E-state index in [-0.39, 0.29) is 5.75 Å². The third kappa shape index (κ3) is 4.02. The molecule has 0 spiro atoms. The zero-order valence-electron chi connectivity index (χ0n) is 11.3. The maximum Gasteiger partial charge on any atom is 0.214 e. The Labute approximate surface area is 114 Å². The summed E-state index contributed by atoms with van der Waals surface area (Å²) in [5.41, 5.74) is 1.06. The fourth-order valence-electron chi connectivity index (χ4n) is 2.36. The molecule has 2 heterocycles. The first-order valence-corrected chi connectivity index (χ1v) is 8.42. The molecule has 0 saturated carbocycles. The molecule has 7 heteroatoms. The second kappa shape index (κ2) is 6.49. The number of nitrogens with zero attached hydrogens (tertiary/aromatic N) is 2. The molecular weight excluding hydrogens is 264 g/mol. The van der Waals surface area contributed by atoms with E-state index >= 15 is 0 Å². The second-order valence-electron chi connectivity index (χ2n) is 4.95. The largest absolute Gasteiger partial charge is 0.308 e. The topological polar surface area (TPSA) is 78.1 Å². The Morgan fingerprint density at radius 2 is 2.21 bits per heavy atom. The number of H-pyrrole nitrogens is 1. The lowest BCUT2D eigenvalue weighted by atomic mass is 10.1. The molecular formula is C12H22N4O2S. The van der Waals surface area contributed by atoms with Crippen LogP contribution in [0, 0.1) is 0 Å². The van der Waals surface area contributed by atoms with Gasteiger partial charge in [0, 0.05) is 37.6 Å². The average molecular weight is 286 g/mol. The first-order chi connectivity index (χ1) is 9.12. The van der Waals surface area contributed by atoms with Crippen molar-refractivity contribution in [1.82, 2.24) is 19.8 Å². The van der Waals surface area contributed by atoms with Crippen LogP contribution in [0.1, 0.15) is 31.9 Å². The molecule has 0 aromatic carbocycles. The van der Waals surface area contributed by atoms with Gasteiger partial charge in [-0.2, -0.15) is 5.10 Å². The highest BCUT2D eigenvalue weighted by Crippen LogP contribution is 2.15. The molecule has 2 rings (SSSR count). The molecule has 0 bridgehead atoms. The highest BCUT2D eigenvalue weighted by Gasteiger charge is 2.26. The van der Waals surface area contributed by atoms with Crippen molar-refractivity contribution in [3.05, 3.63) is 18.0 Å². The highest BCUT2D eigenvalue weighted by molar-refractivity contribution is 7.89. The number of aromatic nitrogens is 2. The van der Waals surface area contributed by atoms with Crippen molar-refractivity contribution < 1.29 is 8.42 Å². The van der Waals surface area contributed by atoms with Crippen LogP contribution in [0.25, 0.3) is 0 Å². The smallest absolute Gasteiger partial charge is 0.214 e. The van der Waals surface area contributed by atoms with E-state index in [1.165, 1.54) is 0 Å². The number of piperidine rings is 1. The fourth-order valence-corrected chi connectivity index (χ4v) is 3.90. The van der Waals surface area contributed by atoms with Crippen LogP contribution in [0.15, 0.2) is 12.3 Å². The van der Waals surface area contributed by atoms with E-state index in [0.29, 0.717) is 25.6 Å². The lowest BCUT2D eigenvalue weighted by Crippen LogP contribution is -2.45. The molecule has 0 unspecified atom stereocenters. The van der Waals surface area contributed by atoms with Crippen molar-refractivity contribution in [2.75, 3.05) is 18.8 Å². The molecule has 0 radical (unpaired) electrons. The van der Waals surface area contributed by atoms with Crippen molar-refractivity contribution >= 4 is 10.0 Å². The summed E-state index contributed by atoms with van der Waals surface area (Å²) in [5, 5.41) is 10.2. The van der Waals surface area contributed by atoms with Crippen LogP contribution in [0.2, 0.25) is 0 Å². The number of hydrogen-bond donors (Lipinski definition) is 2. The summed E-state index contributed by atoms with van der Waals surface area (Å²) in [6.45, 7) is 3.91. The van der Waals surface area contributed by atoms with Gasteiger partial charge in [0.1, 0.15) is 0 Å². The van der Waals surface area contributed by atoms with E-state index in [9.17, 15) is 8.42 Å². The minimum atomic E-state index is -3.03. The van der Waals surface area contributed by atoms with Gasteiger partial charge in [-0.1, -0.05) is 6.92 Å². The number of sulfonamides is 1. The molecule has 0 atom stereocenters. The first-order valence-electron chi connectivity index (χ1n) is 6.81. The van der Waals surface area contributed by atoms with Crippen LogP contribution >= 0.6 is 0 Å². The van der Waals surface area contributed by atoms with Crippen molar-refractivity contribution in [3.63, 3.8) is 0 Å². The van der Waals surface area contributed by atoms with Crippen LogP contribution in [-0.4, -0.2) is 47.8 Å². The Hall–Kier alpha value is -0.920. The standard InChI is InChI=1S/C12H22N4O2S/c1-2-9-19(17,18)16-7-4-11(5-8-16)13-10-12-3-6-14-15-12/h3,6,11,13H,2,4-5,7-10H2,1H3,(H,14,15). The van der Waals surface area contributed by atoms with Crippen molar-refractivity contribution in [2.24, 2.45) is 0 Å². The monoisotopic (exact) mass is 286 g/mol. The SMILES string of the molecule is CCCS(=O)(=O)N1CCC(NCc2ccn[nH]2)CC1. The molecule has 1 saturated heterocycles. The second-order valence-corrected chi connectivity index (χ2v) is 7.04. The summed E-state index contributed by atoms with van der Waals surface area (Å²) in [6, 6.07) is 2.32. The summed E-state index contributed by atoms with van der Waals surface area (Å²) < 4.78 is 25.5. The predicted octanol–water partition coefficient (Wildman–Crippen LogP) is 0.703. The Kier molecular flexibility index (Phi) is 4.95. The zero-order chi connectivity index (χ0) is 13.7. The predicted molar refractivity (Wildman–Crippen MR) is 74.1 cm³/mol. The number of aromatic amines is 1. The Balaban J connectivity index is 1.76. The maximum absolute atomic E-state index is 11.9. The van der Waals surface area contributed by atoms with E-state index < -0.39 is 10.0 Å². The van der Waals surface area contributed by atoms with Gasteiger partial charge in [0.2, 0.25) is 10.0 Å². The molecule has 1 aromatic heterocycles. The number of rotatable bonds is 6. The molecule has 1 fully saturated rings. The fraction of sp³-hybridized carbons (Fsp3) is 0.750. The van der Waals surface area contributed by atoms with Crippen LogP contribution in [0.3, 0.4) is 0 Å². The molecule has 108 valence electrons. The van der Waals surface area contributed by atoms with E-state index in [1.54, 1.807) is 10.5 Å². The van der Waals surface area contributed by atoms with Crippen LogP contribution in [0.4, 0.5) is 0 Å². The van der Waals surface area contributed by atoms with E-state index in [1.807, 2.05) is 13.0 Å². The van der Waals surface area contributed by atoms with Crippen molar-refractivity contribution in [3.8, 4) is 0 Å². The summed E-state index contributed by atoms with van der Waals surface area (Å²) >= 11 is 0. The summed E-state index contributed by atoms with van der Waals surface area (Å²) in [6.07, 6.45) is 4.16. The van der Waals surface area contributed by atoms with E-state index in [4.69, 9.17) is 0 Å². The quantitative estimate of drug-likeness (QED) is 0.807. The Morgan fingerprint density at radius 1 is 1.47 bits per heavy atom. The normalized spacial score (nSPS) is 18.8. The van der Waals surface area contributed by atoms with Crippen molar-refractivity contribution in [2.45, 2.75) is 38.8 Å². The van der Waals surface area contributed by atoms with Gasteiger partial charge in [0.15, 0.2) is 0 Å². The van der Waals surface area contributed by atoms with E-state index in [2.05, 4.69) is 15.5 Å². The molecule has 0 aliphatic carbocycles. The van der Waals surface area contributed by atoms with Gasteiger partial charge < -0.3 is 5.32 Å². The van der Waals surface area contributed by atoms with Crippen molar-refractivity contribution in [1.29, 1.82) is 0 Å². The molecule has 2 N–H and O–H groups in total. The van der Waals surface area contributed by atoms with Gasteiger partial charge in [-0.15, -0.1) is 0 Å². The van der Waals surface area contributed by atoms with E-state index in [0.717, 1.165) is 25.1 Å². The van der Waals surface area contributed by atoms with Gasteiger partial charge in [-0.3, -0.25) is 5.10 Å². The molecule has 1 aromatic rings. The molecule has 1 aliphatic heterocycles. The average Bonchev–Trinajstić information content (AvgIpc) is 2.90. The van der Waals surface area contributed by atoms with Gasteiger partial charge >= 0.3 is 0 Å². The molecule has 19 heavy (non-hydrogen) atoms. The minimum Gasteiger partial charge on any atom is -0.308 e. The van der Waals surface area contributed by atoms with Gasteiger partial charge in [-0.05, 0) is 25.3 Å². The van der Waals surface area contributed by atoms with Crippen LogP contribution in [-0.2, 0) is 16.6 Å². The summed E-state index contributed by atoms with van der Waals surface area (Å²) in [7, 11) is -3.03. The first kappa shape index (κ1) is 14.5. The summed E-state index contributed by atoms with van der Waals surface area (Å²) in [5.74, 6) is 0.263. The Morgan fingerprint density at radius 3 is 2.79 bits per heavy atom. The summed E-state index contributed by atoms with van der Waals surface area (Å²) in [4.78, 5) is 0. The third-order valence-electron chi connectivity index (χ3n) is 3.45. The third-order valence-corrected chi connectivity index (χ3v) is 5.53. The van der Waals surface area contributed by atoms with Crippen LogP contribution in [0.5, 0.6) is 0 Å². The molecule has 0 amide bonds.